The molecule has 0 saturated heterocycles. The molecule has 106 valence electrons. The van der Waals surface area contributed by atoms with Crippen molar-refractivity contribution in [2.45, 2.75) is 37.4 Å². The van der Waals surface area contributed by atoms with Crippen LogP contribution in [0.25, 0.3) is 0 Å². The van der Waals surface area contributed by atoms with E-state index in [1.54, 1.807) is 0 Å². The van der Waals surface area contributed by atoms with Crippen LogP contribution in [0.3, 0.4) is 0 Å². The smallest absolute Gasteiger partial charge is 0.0948 e. The molecule has 3 nitrogen and oxygen atoms in total. The Kier molecular flexibility index (Phi) is 5.55. The molecule has 0 aliphatic carbocycles. The van der Waals surface area contributed by atoms with E-state index in [-0.39, 0.29) is 6.10 Å². The number of ether oxygens (including phenoxy) is 1. The molecule has 19 heavy (non-hydrogen) atoms. The molecule has 1 atom stereocenters. The first-order valence-electron chi connectivity index (χ1n) is 6.93. The Morgan fingerprint density at radius 3 is 2.95 bits per heavy atom. The van der Waals surface area contributed by atoms with E-state index in [2.05, 4.69) is 29.2 Å². The van der Waals surface area contributed by atoms with Crippen molar-refractivity contribution in [3.8, 4) is 0 Å². The zero-order valence-corrected chi connectivity index (χ0v) is 12.5. The van der Waals surface area contributed by atoms with Crippen LogP contribution in [-0.2, 0) is 4.74 Å². The number of para-hydroxylation sites is 1. The summed E-state index contributed by atoms with van der Waals surface area (Å²) in [6, 6.07) is 8.45. The van der Waals surface area contributed by atoms with Crippen molar-refractivity contribution in [1.29, 1.82) is 0 Å². The van der Waals surface area contributed by atoms with Crippen molar-refractivity contribution < 1.29 is 9.84 Å². The Morgan fingerprint density at radius 2 is 2.16 bits per heavy atom. The molecule has 4 heteroatoms. The molecule has 0 spiro atoms. The number of fused-ring (bicyclic) bond motifs is 1. The fourth-order valence-corrected chi connectivity index (χ4v) is 3.21. The number of aliphatic hydroxyl groups excluding tert-OH is 1. The summed E-state index contributed by atoms with van der Waals surface area (Å²) >= 11 is 1.90. The van der Waals surface area contributed by atoms with Gasteiger partial charge in [0, 0.05) is 18.0 Å². The highest BCUT2D eigenvalue weighted by Gasteiger charge is 2.18. The third-order valence-corrected chi connectivity index (χ3v) is 4.24. The van der Waals surface area contributed by atoms with Gasteiger partial charge in [0.1, 0.15) is 0 Å². The second-order valence-electron chi connectivity index (χ2n) is 5.15. The lowest BCUT2D eigenvalue weighted by Gasteiger charge is -2.27. The number of nitrogens with zero attached hydrogens (tertiary/aromatic N) is 1. The zero-order chi connectivity index (χ0) is 13.7. The second kappa shape index (κ2) is 7.17. The van der Waals surface area contributed by atoms with Crippen LogP contribution in [0.2, 0.25) is 0 Å². The third kappa shape index (κ3) is 4.41. The van der Waals surface area contributed by atoms with Gasteiger partial charge < -0.3 is 14.7 Å². The summed E-state index contributed by atoms with van der Waals surface area (Å²) in [6.45, 7) is 6.03. The zero-order valence-electron chi connectivity index (χ0n) is 11.7. The van der Waals surface area contributed by atoms with Crippen LogP contribution >= 0.6 is 11.8 Å². The molecule has 1 aromatic carbocycles. The number of hydrogen-bond donors (Lipinski definition) is 1. The lowest BCUT2D eigenvalue weighted by molar-refractivity contribution is 0.00888. The standard InChI is InChI=1S/C15H23NO2S/c1-12(2)18-11-13(17)10-16-8-5-9-19-15-7-4-3-6-14(15)16/h3-4,6-7,12-13,17H,5,8-11H2,1-2H3. The summed E-state index contributed by atoms with van der Waals surface area (Å²) in [5.41, 5.74) is 1.24. The van der Waals surface area contributed by atoms with Crippen LogP contribution < -0.4 is 4.90 Å². The number of aliphatic hydroxyl groups is 1. The van der Waals surface area contributed by atoms with E-state index >= 15 is 0 Å². The van der Waals surface area contributed by atoms with Crippen molar-refractivity contribution in [3.05, 3.63) is 24.3 Å². The lowest BCUT2D eigenvalue weighted by atomic mass is 10.2. The monoisotopic (exact) mass is 281 g/mol. The predicted molar refractivity (Wildman–Crippen MR) is 81.1 cm³/mol. The first-order valence-corrected chi connectivity index (χ1v) is 7.92. The molecule has 0 fully saturated rings. The van der Waals surface area contributed by atoms with Crippen molar-refractivity contribution in [1.82, 2.24) is 0 Å². The molecular weight excluding hydrogens is 258 g/mol. The Bertz CT molecular complexity index is 397. The fourth-order valence-electron chi connectivity index (χ4n) is 2.20. The highest BCUT2D eigenvalue weighted by Crippen LogP contribution is 2.33. The van der Waals surface area contributed by atoms with E-state index in [4.69, 9.17) is 4.74 Å². The summed E-state index contributed by atoms with van der Waals surface area (Å²) in [5, 5.41) is 10.1. The molecule has 1 aliphatic rings. The SMILES string of the molecule is CC(C)OCC(O)CN1CCCSc2ccccc21. The molecule has 0 aromatic heterocycles. The van der Waals surface area contributed by atoms with Gasteiger partial charge in [-0.05, 0) is 38.2 Å². The number of thioether (sulfide) groups is 1. The van der Waals surface area contributed by atoms with E-state index in [1.165, 1.54) is 10.6 Å². The molecule has 0 saturated carbocycles. The topological polar surface area (TPSA) is 32.7 Å². The third-order valence-electron chi connectivity index (χ3n) is 3.09. The average Bonchev–Trinajstić information content (AvgIpc) is 2.59. The molecule has 0 radical (unpaired) electrons. The van der Waals surface area contributed by atoms with Crippen LogP contribution in [0.5, 0.6) is 0 Å². The van der Waals surface area contributed by atoms with Gasteiger partial charge in [-0.1, -0.05) is 12.1 Å². The van der Waals surface area contributed by atoms with Crippen molar-refractivity contribution in [2.24, 2.45) is 0 Å². The number of hydrogen-bond acceptors (Lipinski definition) is 4. The van der Waals surface area contributed by atoms with Gasteiger partial charge in [0.15, 0.2) is 0 Å². The van der Waals surface area contributed by atoms with E-state index in [9.17, 15) is 5.11 Å². The Hall–Kier alpha value is -0.710. The maximum Gasteiger partial charge on any atom is 0.0948 e. The Morgan fingerprint density at radius 1 is 1.37 bits per heavy atom. The van der Waals surface area contributed by atoms with Crippen LogP contribution in [-0.4, -0.2) is 42.8 Å². The maximum absolute atomic E-state index is 10.1. The number of benzene rings is 1. The summed E-state index contributed by atoms with van der Waals surface area (Å²) < 4.78 is 5.48. The normalized spacial score (nSPS) is 17.2. The molecule has 0 amide bonds. The number of rotatable bonds is 5. The van der Waals surface area contributed by atoms with Gasteiger partial charge >= 0.3 is 0 Å². The largest absolute Gasteiger partial charge is 0.389 e. The molecule has 1 heterocycles. The predicted octanol–water partition coefficient (Wildman–Crippen LogP) is 2.77. The fraction of sp³-hybridized carbons (Fsp3) is 0.600. The van der Waals surface area contributed by atoms with Crippen molar-refractivity contribution in [2.75, 3.05) is 30.3 Å². The van der Waals surface area contributed by atoms with Gasteiger partial charge in [0.25, 0.3) is 0 Å². The minimum atomic E-state index is -0.432. The summed E-state index contributed by atoms with van der Waals surface area (Å²) in [5.74, 6) is 1.14. The van der Waals surface area contributed by atoms with E-state index in [0.717, 1.165) is 18.7 Å². The van der Waals surface area contributed by atoms with Gasteiger partial charge in [-0.25, -0.2) is 0 Å². The maximum atomic E-state index is 10.1. The quantitative estimate of drug-likeness (QED) is 0.899. The Balaban J connectivity index is 1.99. The number of anilines is 1. The van der Waals surface area contributed by atoms with E-state index in [0.29, 0.717) is 13.2 Å². The number of β-amino-alcohol motifs (C(OH)–C–C–N with tert-alkyl or cyclic N) is 1. The van der Waals surface area contributed by atoms with Crippen molar-refractivity contribution >= 4 is 17.4 Å². The molecule has 1 aromatic rings. The highest BCUT2D eigenvalue weighted by molar-refractivity contribution is 7.99. The second-order valence-corrected chi connectivity index (χ2v) is 6.29. The van der Waals surface area contributed by atoms with Crippen molar-refractivity contribution in [3.63, 3.8) is 0 Å². The minimum Gasteiger partial charge on any atom is -0.389 e. The highest BCUT2D eigenvalue weighted by atomic mass is 32.2. The van der Waals surface area contributed by atoms with Crippen LogP contribution in [0.1, 0.15) is 20.3 Å². The molecule has 1 unspecified atom stereocenters. The van der Waals surface area contributed by atoms with Gasteiger partial charge in [-0.15, -0.1) is 11.8 Å². The van der Waals surface area contributed by atoms with Gasteiger partial charge in [-0.2, -0.15) is 0 Å². The lowest BCUT2D eigenvalue weighted by Crippen LogP contribution is -2.36. The minimum absolute atomic E-state index is 0.168. The van der Waals surface area contributed by atoms with E-state index < -0.39 is 6.10 Å². The van der Waals surface area contributed by atoms with E-state index in [1.807, 2.05) is 25.6 Å². The van der Waals surface area contributed by atoms with Crippen LogP contribution in [0.15, 0.2) is 29.2 Å². The molecule has 1 N–H and O–H groups in total. The summed E-state index contributed by atoms with van der Waals surface area (Å²) in [7, 11) is 0. The molecule has 1 aliphatic heterocycles. The van der Waals surface area contributed by atoms with Gasteiger partial charge in [0.2, 0.25) is 0 Å². The molecule has 2 rings (SSSR count). The van der Waals surface area contributed by atoms with Gasteiger partial charge in [-0.3, -0.25) is 0 Å². The molecule has 0 bridgehead atoms. The first kappa shape index (κ1) is 14.7. The molecular formula is C15H23NO2S. The van der Waals surface area contributed by atoms with Gasteiger partial charge in [0.05, 0.1) is 24.5 Å². The van der Waals surface area contributed by atoms with Crippen LogP contribution in [0.4, 0.5) is 5.69 Å². The van der Waals surface area contributed by atoms with Crippen LogP contribution in [0, 0.1) is 0 Å². The first-order chi connectivity index (χ1) is 9.16. The average molecular weight is 281 g/mol. The summed E-state index contributed by atoms with van der Waals surface area (Å²) in [4.78, 5) is 3.60. The Labute approximate surface area is 120 Å². The summed E-state index contributed by atoms with van der Waals surface area (Å²) in [6.07, 6.45) is 0.886.